The molecule has 1 N–H and O–H groups in total. The summed E-state index contributed by atoms with van der Waals surface area (Å²) >= 11 is 0. The van der Waals surface area contributed by atoms with E-state index >= 15 is 0 Å². The second kappa shape index (κ2) is 5.43. The second-order valence-corrected chi connectivity index (χ2v) is 5.30. The first-order chi connectivity index (χ1) is 8.97. The van der Waals surface area contributed by atoms with Crippen LogP contribution in [-0.4, -0.2) is 15.8 Å². The van der Waals surface area contributed by atoms with Crippen LogP contribution in [0.1, 0.15) is 39.3 Å². The van der Waals surface area contributed by atoms with Gasteiger partial charge in [-0.2, -0.15) is 5.10 Å². The fourth-order valence-corrected chi connectivity index (χ4v) is 1.86. The summed E-state index contributed by atoms with van der Waals surface area (Å²) in [4.78, 5) is 0. The van der Waals surface area contributed by atoms with E-state index in [1.54, 1.807) is 12.1 Å². The third-order valence-electron chi connectivity index (χ3n) is 2.83. The summed E-state index contributed by atoms with van der Waals surface area (Å²) in [6.45, 7) is 8.38. The molecule has 4 heteroatoms. The van der Waals surface area contributed by atoms with Gasteiger partial charge in [0.15, 0.2) is 0 Å². The lowest BCUT2D eigenvalue weighted by Gasteiger charge is -2.12. The molecule has 2 rings (SSSR count). The summed E-state index contributed by atoms with van der Waals surface area (Å²) in [5.41, 5.74) is 1.88. The fraction of sp³-hybridized carbons (Fsp3) is 0.400. The van der Waals surface area contributed by atoms with Gasteiger partial charge in [-0.05, 0) is 44.0 Å². The Morgan fingerprint density at radius 2 is 1.74 bits per heavy atom. The Morgan fingerprint density at radius 1 is 1.11 bits per heavy atom. The topological polar surface area (TPSA) is 29.9 Å². The zero-order valence-corrected chi connectivity index (χ0v) is 11.8. The summed E-state index contributed by atoms with van der Waals surface area (Å²) in [6, 6.07) is 8.73. The molecule has 0 radical (unpaired) electrons. The number of hydrogen-bond acceptors (Lipinski definition) is 2. The van der Waals surface area contributed by atoms with Crippen LogP contribution in [0.4, 0.5) is 10.2 Å². The molecule has 3 nitrogen and oxygen atoms in total. The molecule has 1 aromatic carbocycles. The van der Waals surface area contributed by atoms with E-state index in [0.717, 1.165) is 17.2 Å². The minimum absolute atomic E-state index is 0.238. The number of hydrogen-bond donors (Lipinski definition) is 1. The van der Waals surface area contributed by atoms with Crippen LogP contribution in [0, 0.1) is 5.82 Å². The molecule has 1 heterocycles. The predicted molar refractivity (Wildman–Crippen MR) is 76.4 cm³/mol. The predicted octanol–water partition coefficient (Wildman–Crippen LogP) is 3.96. The average molecular weight is 261 g/mol. The molecule has 0 aliphatic rings. The maximum absolute atomic E-state index is 13.0. The Morgan fingerprint density at radius 3 is 2.26 bits per heavy atom. The highest BCUT2D eigenvalue weighted by Gasteiger charge is 2.12. The molecule has 1 aromatic heterocycles. The number of aromatic nitrogens is 2. The van der Waals surface area contributed by atoms with Crippen LogP contribution in [0.25, 0.3) is 5.69 Å². The summed E-state index contributed by atoms with van der Waals surface area (Å²) < 4.78 is 14.8. The van der Waals surface area contributed by atoms with Crippen molar-refractivity contribution in [1.82, 2.24) is 9.78 Å². The summed E-state index contributed by atoms with van der Waals surface area (Å²) in [6.07, 6.45) is 0. The minimum atomic E-state index is -0.238. The summed E-state index contributed by atoms with van der Waals surface area (Å²) in [7, 11) is 0. The Bertz CT molecular complexity index is 541. The molecule has 19 heavy (non-hydrogen) atoms. The standard InChI is InChI=1S/C15H20FN3/c1-10(2)14-9-15(17-11(3)4)19(18-14)13-7-5-12(16)6-8-13/h5-11,17H,1-4H3. The van der Waals surface area contributed by atoms with Crippen molar-refractivity contribution in [2.24, 2.45) is 0 Å². The highest BCUT2D eigenvalue weighted by molar-refractivity contribution is 5.47. The van der Waals surface area contributed by atoms with Gasteiger partial charge in [-0.25, -0.2) is 9.07 Å². The quantitative estimate of drug-likeness (QED) is 0.903. The van der Waals surface area contributed by atoms with Crippen LogP contribution in [0.5, 0.6) is 0 Å². The molecule has 0 saturated heterocycles. The Kier molecular flexibility index (Phi) is 3.88. The normalized spacial score (nSPS) is 11.3. The van der Waals surface area contributed by atoms with E-state index in [9.17, 15) is 4.39 Å². The Labute approximate surface area is 113 Å². The molecule has 0 amide bonds. The van der Waals surface area contributed by atoms with Crippen molar-refractivity contribution in [3.8, 4) is 5.69 Å². The van der Waals surface area contributed by atoms with Gasteiger partial charge in [0.2, 0.25) is 0 Å². The molecule has 0 aliphatic heterocycles. The zero-order valence-electron chi connectivity index (χ0n) is 11.8. The fourth-order valence-electron chi connectivity index (χ4n) is 1.86. The van der Waals surface area contributed by atoms with E-state index < -0.39 is 0 Å². The first-order valence-electron chi connectivity index (χ1n) is 6.60. The number of benzene rings is 1. The van der Waals surface area contributed by atoms with Crippen molar-refractivity contribution < 1.29 is 4.39 Å². The maximum atomic E-state index is 13.0. The van der Waals surface area contributed by atoms with Gasteiger partial charge in [-0.15, -0.1) is 0 Å². The monoisotopic (exact) mass is 261 g/mol. The largest absolute Gasteiger partial charge is 0.368 e. The lowest BCUT2D eigenvalue weighted by Crippen LogP contribution is -2.13. The molecule has 0 bridgehead atoms. The summed E-state index contributed by atoms with van der Waals surface area (Å²) in [5, 5.41) is 7.96. The lowest BCUT2D eigenvalue weighted by molar-refractivity contribution is 0.627. The van der Waals surface area contributed by atoms with E-state index in [1.807, 2.05) is 10.7 Å². The molecule has 0 atom stereocenters. The number of anilines is 1. The van der Waals surface area contributed by atoms with E-state index in [0.29, 0.717) is 12.0 Å². The molecule has 2 aromatic rings. The van der Waals surface area contributed by atoms with Crippen LogP contribution in [0.15, 0.2) is 30.3 Å². The molecule has 0 fully saturated rings. The Hall–Kier alpha value is -1.84. The van der Waals surface area contributed by atoms with E-state index in [1.165, 1.54) is 12.1 Å². The van der Waals surface area contributed by atoms with Crippen molar-refractivity contribution >= 4 is 5.82 Å². The number of rotatable bonds is 4. The summed E-state index contributed by atoms with van der Waals surface area (Å²) in [5.74, 6) is 1.05. The van der Waals surface area contributed by atoms with Crippen LogP contribution in [0.2, 0.25) is 0 Å². The first kappa shape index (κ1) is 13.6. The molecule has 0 saturated carbocycles. The van der Waals surface area contributed by atoms with Gasteiger partial charge in [0, 0.05) is 12.1 Å². The van der Waals surface area contributed by atoms with Gasteiger partial charge in [0.1, 0.15) is 11.6 Å². The van der Waals surface area contributed by atoms with Crippen molar-refractivity contribution in [2.45, 2.75) is 39.7 Å². The highest BCUT2D eigenvalue weighted by atomic mass is 19.1. The number of halogens is 1. The third-order valence-corrected chi connectivity index (χ3v) is 2.83. The van der Waals surface area contributed by atoms with Crippen LogP contribution >= 0.6 is 0 Å². The van der Waals surface area contributed by atoms with Crippen LogP contribution in [-0.2, 0) is 0 Å². The maximum Gasteiger partial charge on any atom is 0.130 e. The molecular weight excluding hydrogens is 241 g/mol. The smallest absolute Gasteiger partial charge is 0.130 e. The van der Waals surface area contributed by atoms with Crippen molar-refractivity contribution in [3.63, 3.8) is 0 Å². The van der Waals surface area contributed by atoms with Crippen molar-refractivity contribution in [1.29, 1.82) is 0 Å². The van der Waals surface area contributed by atoms with Gasteiger partial charge in [0.25, 0.3) is 0 Å². The minimum Gasteiger partial charge on any atom is -0.368 e. The lowest BCUT2D eigenvalue weighted by atomic mass is 10.1. The molecule has 102 valence electrons. The average Bonchev–Trinajstić information content (AvgIpc) is 2.73. The number of nitrogens with zero attached hydrogens (tertiary/aromatic N) is 2. The van der Waals surface area contributed by atoms with Crippen LogP contribution < -0.4 is 5.32 Å². The van der Waals surface area contributed by atoms with Gasteiger partial charge < -0.3 is 5.32 Å². The number of nitrogens with one attached hydrogen (secondary N) is 1. The zero-order chi connectivity index (χ0) is 14.0. The third kappa shape index (κ3) is 3.13. The van der Waals surface area contributed by atoms with Crippen LogP contribution in [0.3, 0.4) is 0 Å². The SMILES string of the molecule is CC(C)Nc1cc(C(C)C)nn1-c1ccc(F)cc1. The van der Waals surface area contributed by atoms with Gasteiger partial charge in [0.05, 0.1) is 11.4 Å². The van der Waals surface area contributed by atoms with Gasteiger partial charge in [-0.1, -0.05) is 13.8 Å². The Balaban J connectivity index is 2.44. The van der Waals surface area contributed by atoms with Gasteiger partial charge in [-0.3, -0.25) is 0 Å². The highest BCUT2D eigenvalue weighted by Crippen LogP contribution is 2.22. The molecule has 0 unspecified atom stereocenters. The van der Waals surface area contributed by atoms with E-state index in [-0.39, 0.29) is 5.82 Å². The molecule has 0 spiro atoms. The van der Waals surface area contributed by atoms with Crippen molar-refractivity contribution in [3.05, 3.63) is 41.8 Å². The molecular formula is C15H20FN3. The molecule has 0 aliphatic carbocycles. The van der Waals surface area contributed by atoms with Crippen molar-refractivity contribution in [2.75, 3.05) is 5.32 Å². The second-order valence-electron chi connectivity index (χ2n) is 5.30. The van der Waals surface area contributed by atoms with E-state index in [4.69, 9.17) is 0 Å². The first-order valence-corrected chi connectivity index (χ1v) is 6.60. The van der Waals surface area contributed by atoms with Gasteiger partial charge >= 0.3 is 0 Å². The van der Waals surface area contributed by atoms with E-state index in [2.05, 4.69) is 38.1 Å².